The van der Waals surface area contributed by atoms with Crippen LogP contribution in [0.2, 0.25) is 0 Å². The molecule has 74 valence electrons. The first-order valence-corrected chi connectivity index (χ1v) is 5.02. The predicted octanol–water partition coefficient (Wildman–Crippen LogP) is 3.28. The average Bonchev–Trinajstić information content (AvgIpc) is 2.69. The van der Waals surface area contributed by atoms with Gasteiger partial charge < -0.3 is 0 Å². The maximum atomic E-state index is 4.09. The summed E-state index contributed by atoms with van der Waals surface area (Å²) < 4.78 is 0. The Bertz CT molecular complexity index is 337. The molecule has 1 aliphatic heterocycles. The van der Waals surface area contributed by atoms with Crippen LogP contribution in [0.15, 0.2) is 40.5 Å². The van der Waals surface area contributed by atoms with Gasteiger partial charge in [-0.2, -0.15) is 10.2 Å². The third kappa shape index (κ3) is 2.52. The van der Waals surface area contributed by atoms with E-state index in [9.17, 15) is 0 Å². The highest BCUT2D eigenvalue weighted by Gasteiger charge is 2.09. The molecule has 0 N–H and O–H groups in total. The predicted molar refractivity (Wildman–Crippen MR) is 62.1 cm³/mol. The van der Waals surface area contributed by atoms with E-state index in [0.29, 0.717) is 0 Å². The molecule has 1 aliphatic rings. The van der Waals surface area contributed by atoms with Gasteiger partial charge in [-0.15, -0.1) is 0 Å². The third-order valence-corrected chi connectivity index (χ3v) is 1.87. The molecule has 1 aromatic carbocycles. The number of hydrogen-bond acceptors (Lipinski definition) is 2. The van der Waals surface area contributed by atoms with E-state index in [1.165, 1.54) is 5.56 Å². The van der Waals surface area contributed by atoms with Crippen molar-refractivity contribution in [2.24, 2.45) is 10.2 Å². The molecule has 0 aromatic heterocycles. The molecule has 0 atom stereocenters. The van der Waals surface area contributed by atoms with E-state index in [0.717, 1.165) is 17.8 Å². The molecule has 0 bridgehead atoms. The van der Waals surface area contributed by atoms with Crippen molar-refractivity contribution in [1.29, 1.82) is 0 Å². The van der Waals surface area contributed by atoms with E-state index in [1.807, 2.05) is 39.0 Å². The van der Waals surface area contributed by atoms with Gasteiger partial charge in [0.15, 0.2) is 0 Å². The van der Waals surface area contributed by atoms with Gasteiger partial charge in [0, 0.05) is 12.1 Å². The molecule has 0 saturated heterocycles. The van der Waals surface area contributed by atoms with Gasteiger partial charge >= 0.3 is 0 Å². The summed E-state index contributed by atoms with van der Waals surface area (Å²) >= 11 is 0. The molecule has 0 aliphatic carbocycles. The molecule has 2 rings (SSSR count). The Morgan fingerprint density at radius 2 is 1.64 bits per heavy atom. The minimum absolute atomic E-state index is 0.893. The van der Waals surface area contributed by atoms with Crippen molar-refractivity contribution < 1.29 is 0 Å². The number of nitrogens with zero attached hydrogens (tertiary/aromatic N) is 2. The zero-order valence-electron chi connectivity index (χ0n) is 8.99. The van der Waals surface area contributed by atoms with Gasteiger partial charge in [-0.3, -0.25) is 0 Å². The van der Waals surface area contributed by atoms with Gasteiger partial charge in [0.25, 0.3) is 0 Å². The highest BCUT2D eigenvalue weighted by molar-refractivity contribution is 6.14. The maximum Gasteiger partial charge on any atom is 0.0759 e. The van der Waals surface area contributed by atoms with Crippen LogP contribution in [0.3, 0.4) is 0 Å². The molecule has 2 nitrogen and oxygen atoms in total. The molecule has 1 aromatic rings. The molecule has 0 saturated carbocycles. The SMILES string of the molecule is CC.CC1=NN=C(c2ccccc2)C1. The van der Waals surface area contributed by atoms with Crippen molar-refractivity contribution in [1.82, 2.24) is 0 Å². The quantitative estimate of drug-likeness (QED) is 0.646. The Kier molecular flexibility index (Phi) is 4.05. The van der Waals surface area contributed by atoms with E-state index >= 15 is 0 Å². The van der Waals surface area contributed by atoms with Crippen LogP contribution in [-0.2, 0) is 0 Å². The fourth-order valence-electron chi connectivity index (χ4n) is 1.25. The van der Waals surface area contributed by atoms with E-state index in [4.69, 9.17) is 0 Å². The molecule has 14 heavy (non-hydrogen) atoms. The lowest BCUT2D eigenvalue weighted by Crippen LogP contribution is -2.00. The summed E-state index contributed by atoms with van der Waals surface area (Å²) in [6.07, 6.45) is 0.893. The van der Waals surface area contributed by atoms with E-state index < -0.39 is 0 Å². The molecular formula is C12H16N2. The zero-order chi connectivity index (χ0) is 10.4. The van der Waals surface area contributed by atoms with Crippen molar-refractivity contribution in [2.75, 3.05) is 0 Å². The molecule has 0 spiro atoms. The van der Waals surface area contributed by atoms with E-state index in [1.54, 1.807) is 0 Å². The molecule has 0 radical (unpaired) electrons. The Balaban J connectivity index is 0.000000461. The summed E-state index contributed by atoms with van der Waals surface area (Å²) in [6.45, 7) is 6.00. The summed E-state index contributed by atoms with van der Waals surface area (Å²) in [5.74, 6) is 0. The molecule has 0 unspecified atom stereocenters. The fourth-order valence-corrected chi connectivity index (χ4v) is 1.25. The molecular weight excluding hydrogens is 172 g/mol. The first-order valence-electron chi connectivity index (χ1n) is 5.02. The lowest BCUT2D eigenvalue weighted by atomic mass is 10.1. The molecule has 0 amide bonds. The summed E-state index contributed by atoms with van der Waals surface area (Å²) in [4.78, 5) is 0. The summed E-state index contributed by atoms with van der Waals surface area (Å²) in [5, 5.41) is 8.09. The van der Waals surface area contributed by atoms with Gasteiger partial charge in [-0.1, -0.05) is 44.2 Å². The minimum Gasteiger partial charge on any atom is -0.160 e. The average molecular weight is 188 g/mol. The summed E-state index contributed by atoms with van der Waals surface area (Å²) in [7, 11) is 0. The summed E-state index contributed by atoms with van der Waals surface area (Å²) in [5.41, 5.74) is 3.35. The highest BCUT2D eigenvalue weighted by atomic mass is 15.2. The van der Waals surface area contributed by atoms with Crippen LogP contribution in [0.4, 0.5) is 0 Å². The van der Waals surface area contributed by atoms with Crippen LogP contribution in [0.5, 0.6) is 0 Å². The number of benzene rings is 1. The van der Waals surface area contributed by atoms with Crippen molar-refractivity contribution in [2.45, 2.75) is 27.2 Å². The molecule has 2 heteroatoms. The maximum absolute atomic E-state index is 4.09. The minimum atomic E-state index is 0.893. The molecule has 0 fully saturated rings. The van der Waals surface area contributed by atoms with Crippen LogP contribution >= 0.6 is 0 Å². The monoisotopic (exact) mass is 188 g/mol. The second-order valence-electron chi connectivity index (χ2n) is 2.92. The van der Waals surface area contributed by atoms with Crippen LogP contribution in [0.25, 0.3) is 0 Å². The standard InChI is InChI=1S/C10H10N2.C2H6/c1-8-7-10(12-11-8)9-5-3-2-4-6-9;1-2/h2-6H,7H2,1H3;1-2H3. The first-order chi connectivity index (χ1) is 6.86. The third-order valence-electron chi connectivity index (χ3n) is 1.87. The van der Waals surface area contributed by atoms with Gasteiger partial charge in [0.2, 0.25) is 0 Å². The van der Waals surface area contributed by atoms with Crippen molar-refractivity contribution in [3.63, 3.8) is 0 Å². The van der Waals surface area contributed by atoms with Crippen LogP contribution < -0.4 is 0 Å². The number of hydrogen-bond donors (Lipinski definition) is 0. The Hall–Kier alpha value is -1.44. The van der Waals surface area contributed by atoms with Crippen molar-refractivity contribution >= 4 is 11.4 Å². The summed E-state index contributed by atoms with van der Waals surface area (Å²) in [6, 6.07) is 10.2. The van der Waals surface area contributed by atoms with Crippen molar-refractivity contribution in [3.8, 4) is 0 Å². The second kappa shape index (κ2) is 5.32. The first kappa shape index (κ1) is 10.6. The highest BCUT2D eigenvalue weighted by Crippen LogP contribution is 2.10. The lowest BCUT2D eigenvalue weighted by molar-refractivity contribution is 1.26. The normalized spacial score (nSPS) is 13.9. The molecule has 1 heterocycles. The Morgan fingerprint density at radius 1 is 1.00 bits per heavy atom. The van der Waals surface area contributed by atoms with Crippen LogP contribution in [-0.4, -0.2) is 11.4 Å². The van der Waals surface area contributed by atoms with E-state index in [2.05, 4.69) is 22.3 Å². The topological polar surface area (TPSA) is 24.7 Å². The van der Waals surface area contributed by atoms with E-state index in [-0.39, 0.29) is 0 Å². The lowest BCUT2D eigenvalue weighted by Gasteiger charge is -1.97. The Morgan fingerprint density at radius 3 is 2.14 bits per heavy atom. The fraction of sp³-hybridized carbons (Fsp3) is 0.333. The van der Waals surface area contributed by atoms with Crippen LogP contribution in [0, 0.1) is 0 Å². The largest absolute Gasteiger partial charge is 0.160 e. The number of rotatable bonds is 1. The van der Waals surface area contributed by atoms with Gasteiger partial charge in [-0.25, -0.2) is 0 Å². The van der Waals surface area contributed by atoms with Gasteiger partial charge in [-0.05, 0) is 12.5 Å². The van der Waals surface area contributed by atoms with Crippen molar-refractivity contribution in [3.05, 3.63) is 35.9 Å². The van der Waals surface area contributed by atoms with Crippen LogP contribution in [0.1, 0.15) is 32.8 Å². The smallest absolute Gasteiger partial charge is 0.0759 e. The van der Waals surface area contributed by atoms with Gasteiger partial charge in [0.05, 0.1) is 5.71 Å². The Labute approximate surface area is 85.4 Å². The van der Waals surface area contributed by atoms with Gasteiger partial charge in [0.1, 0.15) is 0 Å². The second-order valence-corrected chi connectivity index (χ2v) is 2.92. The zero-order valence-corrected chi connectivity index (χ0v) is 8.99.